The van der Waals surface area contributed by atoms with Gasteiger partial charge in [-0.15, -0.1) is 0 Å². The lowest BCUT2D eigenvalue weighted by molar-refractivity contribution is 0.768. The second-order valence-corrected chi connectivity index (χ2v) is 6.26. The first-order valence-electron chi connectivity index (χ1n) is 7.64. The van der Waals surface area contributed by atoms with E-state index in [-0.39, 0.29) is 5.56 Å². The zero-order valence-corrected chi connectivity index (χ0v) is 14.4. The molecule has 3 heterocycles. The molecule has 0 saturated heterocycles. The number of aryl methyl sites for hydroxylation is 2. The normalized spacial score (nSPS) is 11.2. The monoisotopic (exact) mass is 351 g/mol. The van der Waals surface area contributed by atoms with Gasteiger partial charge in [-0.05, 0) is 18.2 Å². The molecule has 0 spiro atoms. The molecule has 4 aromatic rings. The molecule has 124 valence electrons. The maximum atomic E-state index is 12.6. The zero-order chi connectivity index (χ0) is 17.6. The molecule has 0 bridgehead atoms. The van der Waals surface area contributed by atoms with E-state index in [1.165, 1.54) is 10.9 Å². The second kappa shape index (κ2) is 5.82. The Hall–Kier alpha value is -2.99. The third kappa shape index (κ3) is 2.70. The highest BCUT2D eigenvalue weighted by Crippen LogP contribution is 2.28. The Bertz CT molecular complexity index is 1140. The third-order valence-electron chi connectivity index (χ3n) is 4.02. The Kier molecular flexibility index (Phi) is 3.62. The van der Waals surface area contributed by atoms with E-state index in [2.05, 4.69) is 10.1 Å². The van der Waals surface area contributed by atoms with Gasteiger partial charge in [0, 0.05) is 36.4 Å². The van der Waals surface area contributed by atoms with E-state index in [9.17, 15) is 4.79 Å². The summed E-state index contributed by atoms with van der Waals surface area (Å²) in [5.41, 5.74) is 3.45. The zero-order valence-electron chi connectivity index (χ0n) is 13.6. The maximum absolute atomic E-state index is 12.6. The van der Waals surface area contributed by atoms with Crippen molar-refractivity contribution in [1.29, 1.82) is 0 Å². The highest BCUT2D eigenvalue weighted by Gasteiger charge is 2.15. The fourth-order valence-electron chi connectivity index (χ4n) is 2.73. The summed E-state index contributed by atoms with van der Waals surface area (Å²) >= 11 is 5.98. The molecule has 25 heavy (non-hydrogen) atoms. The fraction of sp³-hybridized carbons (Fsp3) is 0.111. The Balaban J connectivity index is 2.06. The molecule has 0 atom stereocenters. The molecule has 0 aliphatic carbocycles. The minimum atomic E-state index is -0.118. The molecule has 0 N–H and O–H groups in total. The molecule has 3 aromatic heterocycles. The van der Waals surface area contributed by atoms with E-state index in [4.69, 9.17) is 16.6 Å². The molecular formula is C18H14ClN5O. The molecule has 0 aliphatic heterocycles. The van der Waals surface area contributed by atoms with Crippen LogP contribution in [-0.2, 0) is 14.1 Å². The fourth-order valence-corrected chi connectivity index (χ4v) is 2.86. The van der Waals surface area contributed by atoms with Crippen LogP contribution in [0.1, 0.15) is 0 Å². The highest BCUT2D eigenvalue weighted by molar-refractivity contribution is 6.30. The number of halogens is 1. The Labute approximate surface area is 148 Å². The molecule has 7 heteroatoms. The van der Waals surface area contributed by atoms with E-state index in [0.717, 1.165) is 11.1 Å². The van der Waals surface area contributed by atoms with Crippen molar-refractivity contribution in [3.05, 3.63) is 64.4 Å². The lowest BCUT2D eigenvalue weighted by atomic mass is 10.1. The predicted molar refractivity (Wildman–Crippen MR) is 97.4 cm³/mol. The van der Waals surface area contributed by atoms with Crippen LogP contribution in [0.4, 0.5) is 0 Å². The summed E-state index contributed by atoms with van der Waals surface area (Å²) < 4.78 is 3.15. The van der Waals surface area contributed by atoms with Crippen molar-refractivity contribution in [2.75, 3.05) is 0 Å². The van der Waals surface area contributed by atoms with Crippen LogP contribution in [0.3, 0.4) is 0 Å². The van der Waals surface area contributed by atoms with Gasteiger partial charge in [0.25, 0.3) is 5.56 Å². The first-order chi connectivity index (χ1) is 12.0. The first kappa shape index (κ1) is 15.5. The van der Waals surface area contributed by atoms with E-state index in [1.54, 1.807) is 36.1 Å². The molecular weight excluding hydrogens is 338 g/mol. The summed E-state index contributed by atoms with van der Waals surface area (Å²) in [5.74, 6) is 0. The van der Waals surface area contributed by atoms with Gasteiger partial charge in [0.15, 0.2) is 0 Å². The molecule has 0 fully saturated rings. The Morgan fingerprint density at radius 1 is 1.08 bits per heavy atom. The lowest BCUT2D eigenvalue weighted by Crippen LogP contribution is -2.17. The number of benzene rings is 1. The molecule has 0 unspecified atom stereocenters. The average molecular weight is 352 g/mol. The van der Waals surface area contributed by atoms with Gasteiger partial charge in [-0.1, -0.05) is 23.7 Å². The summed E-state index contributed by atoms with van der Waals surface area (Å²) in [4.78, 5) is 21.8. The number of aromatic nitrogens is 5. The van der Waals surface area contributed by atoms with E-state index >= 15 is 0 Å². The van der Waals surface area contributed by atoms with Crippen molar-refractivity contribution in [3.8, 4) is 22.5 Å². The summed E-state index contributed by atoms with van der Waals surface area (Å²) in [5, 5.41) is 5.37. The average Bonchev–Trinajstić information content (AvgIpc) is 3.04. The maximum Gasteiger partial charge on any atom is 0.261 e. The predicted octanol–water partition coefficient (Wildman–Crippen LogP) is 3.05. The SMILES string of the molecule is Cn1cc(-c2nc(-c3ccc(Cl)cc3)cc3c(=O)n(C)cnc23)cn1. The molecule has 1 aromatic carbocycles. The van der Waals surface area contributed by atoms with Crippen LogP contribution >= 0.6 is 11.6 Å². The van der Waals surface area contributed by atoms with Crippen LogP contribution < -0.4 is 5.56 Å². The van der Waals surface area contributed by atoms with Gasteiger partial charge in [-0.2, -0.15) is 5.10 Å². The van der Waals surface area contributed by atoms with Crippen molar-refractivity contribution >= 4 is 22.5 Å². The van der Waals surface area contributed by atoms with Crippen LogP contribution in [0.5, 0.6) is 0 Å². The summed E-state index contributed by atoms with van der Waals surface area (Å²) in [6, 6.07) is 9.13. The van der Waals surface area contributed by atoms with E-state index < -0.39 is 0 Å². The third-order valence-corrected chi connectivity index (χ3v) is 4.27. The molecule has 0 radical (unpaired) electrons. The lowest BCUT2D eigenvalue weighted by Gasteiger charge is -2.09. The van der Waals surface area contributed by atoms with Gasteiger partial charge in [0.1, 0.15) is 11.2 Å². The molecule has 0 saturated carbocycles. The van der Waals surface area contributed by atoms with Gasteiger partial charge >= 0.3 is 0 Å². The van der Waals surface area contributed by atoms with Gasteiger partial charge in [0.05, 0.1) is 23.6 Å². The topological polar surface area (TPSA) is 65.6 Å². The first-order valence-corrected chi connectivity index (χ1v) is 8.02. The Morgan fingerprint density at radius 2 is 1.84 bits per heavy atom. The minimum Gasteiger partial charge on any atom is -0.302 e. The van der Waals surface area contributed by atoms with Crippen molar-refractivity contribution in [2.45, 2.75) is 0 Å². The molecule has 0 aliphatic rings. The highest BCUT2D eigenvalue weighted by atomic mass is 35.5. The molecule has 0 amide bonds. The Morgan fingerprint density at radius 3 is 2.52 bits per heavy atom. The van der Waals surface area contributed by atoms with E-state index in [1.807, 2.05) is 25.4 Å². The van der Waals surface area contributed by atoms with Gasteiger partial charge in [-0.3, -0.25) is 9.48 Å². The molecule has 4 rings (SSSR count). The number of nitrogens with zero attached hydrogens (tertiary/aromatic N) is 5. The van der Waals surface area contributed by atoms with Crippen LogP contribution in [0, 0.1) is 0 Å². The van der Waals surface area contributed by atoms with Crippen molar-refractivity contribution in [3.63, 3.8) is 0 Å². The standard InChI is InChI=1S/C18H14ClN5O/c1-23-10-20-17-14(18(23)25)7-15(11-3-5-13(19)6-4-11)22-16(17)12-8-21-24(2)9-12/h3-10H,1-2H3. The van der Waals surface area contributed by atoms with Crippen molar-refractivity contribution in [2.24, 2.45) is 14.1 Å². The second-order valence-electron chi connectivity index (χ2n) is 5.82. The van der Waals surface area contributed by atoms with Crippen LogP contribution in [0.25, 0.3) is 33.4 Å². The number of rotatable bonds is 2. The smallest absolute Gasteiger partial charge is 0.261 e. The van der Waals surface area contributed by atoms with Gasteiger partial charge in [-0.25, -0.2) is 9.97 Å². The number of hydrogen-bond donors (Lipinski definition) is 0. The van der Waals surface area contributed by atoms with Crippen LogP contribution in [0.15, 0.2) is 53.8 Å². The van der Waals surface area contributed by atoms with Crippen LogP contribution in [-0.4, -0.2) is 24.3 Å². The molecule has 6 nitrogen and oxygen atoms in total. The number of hydrogen-bond acceptors (Lipinski definition) is 4. The quantitative estimate of drug-likeness (QED) is 0.556. The van der Waals surface area contributed by atoms with E-state index in [0.29, 0.717) is 27.3 Å². The van der Waals surface area contributed by atoms with Crippen molar-refractivity contribution in [1.82, 2.24) is 24.3 Å². The van der Waals surface area contributed by atoms with Gasteiger partial charge < -0.3 is 4.57 Å². The van der Waals surface area contributed by atoms with Crippen molar-refractivity contribution < 1.29 is 0 Å². The number of fused-ring (bicyclic) bond motifs is 1. The summed E-state index contributed by atoms with van der Waals surface area (Å²) in [6.07, 6.45) is 5.08. The number of pyridine rings is 1. The summed E-state index contributed by atoms with van der Waals surface area (Å²) in [7, 11) is 3.52. The van der Waals surface area contributed by atoms with Crippen LogP contribution in [0.2, 0.25) is 5.02 Å². The summed E-state index contributed by atoms with van der Waals surface area (Å²) in [6.45, 7) is 0. The van der Waals surface area contributed by atoms with Gasteiger partial charge in [0.2, 0.25) is 0 Å². The minimum absolute atomic E-state index is 0.118. The largest absolute Gasteiger partial charge is 0.302 e.